The Morgan fingerprint density at radius 3 is 2.67 bits per heavy atom. The van der Waals surface area contributed by atoms with Crippen LogP contribution in [0.2, 0.25) is 0 Å². The number of unbranched alkanes of at least 4 members (excludes halogenated alkanes) is 1. The second-order valence-corrected chi connectivity index (χ2v) is 4.61. The molecule has 0 bridgehead atoms. The molecule has 0 aliphatic carbocycles. The lowest BCUT2D eigenvalue weighted by molar-refractivity contribution is -0.141. The summed E-state index contributed by atoms with van der Waals surface area (Å²) in [5, 5.41) is 8.89. The van der Waals surface area contributed by atoms with Crippen molar-refractivity contribution in [1.82, 2.24) is 4.90 Å². The molecule has 4 heteroatoms. The van der Waals surface area contributed by atoms with E-state index in [-0.39, 0.29) is 5.92 Å². The highest BCUT2D eigenvalue weighted by atomic mass is 16.5. The molecule has 0 aliphatic rings. The molecule has 4 nitrogen and oxygen atoms in total. The van der Waals surface area contributed by atoms with E-state index in [4.69, 9.17) is 9.84 Å². The molecule has 0 saturated heterocycles. The molecule has 0 spiro atoms. The summed E-state index contributed by atoms with van der Waals surface area (Å²) in [5.74, 6) is -1.09. The van der Waals surface area contributed by atoms with Crippen LogP contribution in [0.1, 0.15) is 33.1 Å². The first-order valence-corrected chi connectivity index (χ1v) is 6.75. The van der Waals surface area contributed by atoms with Crippen LogP contribution in [0.4, 0.5) is 0 Å². The number of rotatable bonds is 12. The molecule has 0 radical (unpaired) electrons. The van der Waals surface area contributed by atoms with E-state index < -0.39 is 5.97 Å². The van der Waals surface area contributed by atoms with Gasteiger partial charge in [-0.25, -0.2) is 0 Å². The lowest BCUT2D eigenvalue weighted by Gasteiger charge is -2.22. The van der Waals surface area contributed by atoms with E-state index >= 15 is 0 Å². The lowest BCUT2D eigenvalue weighted by Crippen LogP contribution is -2.33. The molecule has 0 heterocycles. The van der Waals surface area contributed by atoms with Gasteiger partial charge < -0.3 is 9.84 Å². The van der Waals surface area contributed by atoms with Gasteiger partial charge in [0, 0.05) is 32.8 Å². The number of aliphatic carboxylic acids is 1. The zero-order valence-corrected chi connectivity index (χ0v) is 11.7. The smallest absolute Gasteiger partial charge is 0.307 e. The number of carbonyl (C=O) groups is 1. The molecule has 0 amide bonds. The summed E-state index contributed by atoms with van der Waals surface area (Å²) >= 11 is 0. The van der Waals surface area contributed by atoms with Crippen molar-refractivity contribution in [2.75, 3.05) is 32.8 Å². The van der Waals surface area contributed by atoms with Gasteiger partial charge >= 0.3 is 5.97 Å². The highest BCUT2D eigenvalue weighted by Gasteiger charge is 2.14. The minimum Gasteiger partial charge on any atom is -0.481 e. The SMILES string of the molecule is C=CCN(CCCOCCCC)CC(C)C(=O)O. The molecule has 0 aromatic carbocycles. The summed E-state index contributed by atoms with van der Waals surface area (Å²) < 4.78 is 5.49. The Hall–Kier alpha value is -0.870. The summed E-state index contributed by atoms with van der Waals surface area (Å²) in [6, 6.07) is 0. The minimum atomic E-state index is -0.747. The first-order valence-electron chi connectivity index (χ1n) is 6.75. The predicted octanol–water partition coefficient (Wildman–Crippen LogP) is 2.40. The number of hydrogen-bond acceptors (Lipinski definition) is 3. The Labute approximate surface area is 111 Å². The zero-order valence-electron chi connectivity index (χ0n) is 11.7. The van der Waals surface area contributed by atoms with Crippen molar-refractivity contribution >= 4 is 5.97 Å². The van der Waals surface area contributed by atoms with E-state index in [1.54, 1.807) is 6.92 Å². The van der Waals surface area contributed by atoms with Crippen molar-refractivity contribution in [2.45, 2.75) is 33.1 Å². The number of nitrogens with zero attached hydrogens (tertiary/aromatic N) is 1. The molecule has 1 unspecified atom stereocenters. The quantitative estimate of drug-likeness (QED) is 0.431. The van der Waals surface area contributed by atoms with Crippen LogP contribution < -0.4 is 0 Å². The van der Waals surface area contributed by atoms with Crippen molar-refractivity contribution in [3.63, 3.8) is 0 Å². The summed E-state index contributed by atoms with van der Waals surface area (Å²) in [6.45, 7) is 11.3. The number of ether oxygens (including phenoxy) is 1. The maximum absolute atomic E-state index is 10.8. The van der Waals surface area contributed by atoms with Crippen LogP contribution >= 0.6 is 0 Å². The number of carboxylic acid groups (broad SMARTS) is 1. The third-order valence-corrected chi connectivity index (χ3v) is 2.75. The largest absolute Gasteiger partial charge is 0.481 e. The van der Waals surface area contributed by atoms with E-state index in [0.29, 0.717) is 6.54 Å². The van der Waals surface area contributed by atoms with Crippen LogP contribution in [0.3, 0.4) is 0 Å². The van der Waals surface area contributed by atoms with Gasteiger partial charge in [-0.15, -0.1) is 6.58 Å². The number of hydrogen-bond donors (Lipinski definition) is 1. The molecular weight excluding hydrogens is 230 g/mol. The van der Waals surface area contributed by atoms with E-state index in [1.165, 1.54) is 0 Å². The molecule has 0 fully saturated rings. The molecule has 0 rings (SSSR count). The van der Waals surface area contributed by atoms with E-state index in [0.717, 1.165) is 45.6 Å². The number of carboxylic acids is 1. The Morgan fingerprint density at radius 1 is 1.44 bits per heavy atom. The van der Waals surface area contributed by atoms with Gasteiger partial charge in [-0.1, -0.05) is 26.3 Å². The summed E-state index contributed by atoms with van der Waals surface area (Å²) in [5.41, 5.74) is 0. The summed E-state index contributed by atoms with van der Waals surface area (Å²) in [7, 11) is 0. The van der Waals surface area contributed by atoms with Crippen LogP contribution in [-0.4, -0.2) is 48.8 Å². The Bertz CT molecular complexity index is 231. The third kappa shape index (κ3) is 9.19. The van der Waals surface area contributed by atoms with Crippen molar-refractivity contribution in [3.8, 4) is 0 Å². The molecule has 1 N–H and O–H groups in total. The topological polar surface area (TPSA) is 49.8 Å². The molecule has 18 heavy (non-hydrogen) atoms. The monoisotopic (exact) mass is 257 g/mol. The van der Waals surface area contributed by atoms with Gasteiger partial charge in [-0.05, 0) is 12.8 Å². The van der Waals surface area contributed by atoms with Gasteiger partial charge in [-0.2, -0.15) is 0 Å². The predicted molar refractivity (Wildman–Crippen MR) is 73.8 cm³/mol. The van der Waals surface area contributed by atoms with Gasteiger partial charge in [0.25, 0.3) is 0 Å². The zero-order chi connectivity index (χ0) is 13.8. The van der Waals surface area contributed by atoms with Crippen LogP contribution in [0.5, 0.6) is 0 Å². The van der Waals surface area contributed by atoms with Crippen molar-refractivity contribution < 1.29 is 14.6 Å². The third-order valence-electron chi connectivity index (χ3n) is 2.75. The van der Waals surface area contributed by atoms with Gasteiger partial charge in [0.15, 0.2) is 0 Å². The summed E-state index contributed by atoms with van der Waals surface area (Å²) in [4.78, 5) is 12.9. The minimum absolute atomic E-state index is 0.342. The van der Waals surface area contributed by atoms with E-state index in [1.807, 2.05) is 6.08 Å². The van der Waals surface area contributed by atoms with E-state index in [9.17, 15) is 4.79 Å². The fourth-order valence-corrected chi connectivity index (χ4v) is 1.64. The Morgan fingerprint density at radius 2 is 2.11 bits per heavy atom. The van der Waals surface area contributed by atoms with Gasteiger partial charge in [0.05, 0.1) is 5.92 Å². The van der Waals surface area contributed by atoms with Crippen LogP contribution in [0, 0.1) is 5.92 Å². The molecule has 106 valence electrons. The molecule has 1 atom stereocenters. The molecular formula is C14H27NO3. The maximum Gasteiger partial charge on any atom is 0.307 e. The second kappa shape index (κ2) is 11.2. The highest BCUT2D eigenvalue weighted by Crippen LogP contribution is 2.02. The summed E-state index contributed by atoms with van der Waals surface area (Å²) in [6.07, 6.45) is 5.00. The first-order chi connectivity index (χ1) is 8.61. The van der Waals surface area contributed by atoms with Crippen molar-refractivity contribution in [2.24, 2.45) is 5.92 Å². The second-order valence-electron chi connectivity index (χ2n) is 4.61. The fourth-order valence-electron chi connectivity index (χ4n) is 1.64. The molecule has 0 aromatic heterocycles. The fraction of sp³-hybridized carbons (Fsp3) is 0.786. The van der Waals surface area contributed by atoms with Crippen LogP contribution in [0.15, 0.2) is 12.7 Å². The van der Waals surface area contributed by atoms with Crippen LogP contribution in [-0.2, 0) is 9.53 Å². The van der Waals surface area contributed by atoms with Crippen molar-refractivity contribution in [1.29, 1.82) is 0 Å². The average molecular weight is 257 g/mol. The van der Waals surface area contributed by atoms with Gasteiger partial charge in [-0.3, -0.25) is 9.69 Å². The average Bonchev–Trinajstić information content (AvgIpc) is 2.33. The van der Waals surface area contributed by atoms with Crippen molar-refractivity contribution in [3.05, 3.63) is 12.7 Å². The van der Waals surface area contributed by atoms with Gasteiger partial charge in [0.2, 0.25) is 0 Å². The standard InChI is InChI=1S/C14H27NO3/c1-4-6-10-18-11-7-9-15(8-5-2)12-13(3)14(16)17/h5,13H,2,4,6-12H2,1,3H3,(H,16,17). The van der Waals surface area contributed by atoms with Gasteiger partial charge in [0.1, 0.15) is 0 Å². The molecule has 0 aromatic rings. The Kier molecular flexibility index (Phi) is 10.7. The molecule has 0 saturated carbocycles. The van der Waals surface area contributed by atoms with Crippen LogP contribution in [0.25, 0.3) is 0 Å². The highest BCUT2D eigenvalue weighted by molar-refractivity contribution is 5.69. The molecule has 0 aliphatic heterocycles. The maximum atomic E-state index is 10.8. The van der Waals surface area contributed by atoms with E-state index in [2.05, 4.69) is 18.4 Å². The normalized spacial score (nSPS) is 12.6. The lowest BCUT2D eigenvalue weighted by atomic mass is 10.1. The Balaban J connectivity index is 3.75. The first kappa shape index (κ1) is 17.1.